The third kappa shape index (κ3) is 3.28. The Hall–Kier alpha value is -2.29. The largest absolute Gasteiger partial charge is 0.497 e. The fourth-order valence-electron chi connectivity index (χ4n) is 3.51. The molecule has 1 aliphatic carbocycles. The molecule has 0 amide bonds. The molecule has 1 saturated carbocycles. The highest BCUT2D eigenvalue weighted by molar-refractivity contribution is 7.90. The van der Waals surface area contributed by atoms with E-state index in [1.165, 1.54) is 13.2 Å². The van der Waals surface area contributed by atoms with Gasteiger partial charge >= 0.3 is 0 Å². The Morgan fingerprint density at radius 2 is 1.84 bits per heavy atom. The number of nitrogens with two attached hydrogens (primary N) is 2. The zero-order valence-corrected chi connectivity index (χ0v) is 15.2. The molecule has 0 bridgehead atoms. The second-order valence-electron chi connectivity index (χ2n) is 6.46. The molecule has 0 atom stereocenters. The first-order valence-electron chi connectivity index (χ1n) is 8.14. The first-order chi connectivity index (χ1) is 11.7. The number of sulfone groups is 1. The standard InChI is InChI=1S/C16H23N5O3S/c1-24-12-8-11(9-13(10-12)25(2,22)23)21-15(18)19-14(17)20-16(21)6-4-3-5-7-16/h8-10H,3-7H2,1-2H3,(H4,17,18,19,20). The number of anilines is 1. The first-order valence-corrected chi connectivity index (χ1v) is 10.0. The molecule has 2 aliphatic rings. The number of guanidine groups is 2. The minimum atomic E-state index is -3.41. The third-order valence-electron chi connectivity index (χ3n) is 4.64. The monoisotopic (exact) mass is 365 g/mol. The Balaban J connectivity index is 2.17. The molecular weight excluding hydrogens is 342 g/mol. The molecular formula is C16H23N5O3S. The molecule has 0 saturated heterocycles. The van der Waals surface area contributed by atoms with Gasteiger partial charge in [0.15, 0.2) is 9.84 Å². The van der Waals surface area contributed by atoms with Crippen molar-refractivity contribution in [2.75, 3.05) is 18.3 Å². The highest BCUT2D eigenvalue weighted by Gasteiger charge is 2.42. The van der Waals surface area contributed by atoms with E-state index in [9.17, 15) is 8.42 Å². The summed E-state index contributed by atoms with van der Waals surface area (Å²) in [4.78, 5) is 10.6. The van der Waals surface area contributed by atoms with Crippen molar-refractivity contribution >= 4 is 27.4 Å². The van der Waals surface area contributed by atoms with Gasteiger partial charge in [-0.1, -0.05) is 6.42 Å². The number of hydrogen-bond donors (Lipinski definition) is 2. The lowest BCUT2D eigenvalue weighted by atomic mass is 9.87. The molecule has 1 aliphatic heterocycles. The summed E-state index contributed by atoms with van der Waals surface area (Å²) < 4.78 is 29.4. The Bertz CT molecular complexity index is 841. The molecule has 9 heteroatoms. The fourth-order valence-corrected chi connectivity index (χ4v) is 4.18. The van der Waals surface area contributed by atoms with Crippen LogP contribution in [-0.4, -0.2) is 39.4 Å². The molecule has 0 radical (unpaired) electrons. The van der Waals surface area contributed by atoms with Gasteiger partial charge in [0.25, 0.3) is 0 Å². The molecule has 0 aromatic heterocycles. The highest BCUT2D eigenvalue weighted by Crippen LogP contribution is 2.41. The number of ether oxygens (including phenoxy) is 1. The van der Waals surface area contributed by atoms with Crippen LogP contribution in [0, 0.1) is 0 Å². The maximum absolute atomic E-state index is 12.1. The Labute approximate surface area is 147 Å². The van der Waals surface area contributed by atoms with E-state index in [0.717, 1.165) is 38.4 Å². The number of rotatable bonds is 3. The average Bonchev–Trinajstić information content (AvgIpc) is 2.53. The molecule has 1 heterocycles. The Kier molecular flexibility index (Phi) is 4.36. The number of methoxy groups -OCH3 is 1. The summed E-state index contributed by atoms with van der Waals surface area (Å²) in [5, 5.41) is 0. The molecule has 1 spiro atoms. The quantitative estimate of drug-likeness (QED) is 0.830. The van der Waals surface area contributed by atoms with Gasteiger partial charge in [-0.25, -0.2) is 13.4 Å². The van der Waals surface area contributed by atoms with Crippen LogP contribution in [0.25, 0.3) is 0 Å². The van der Waals surface area contributed by atoms with Gasteiger partial charge in [-0.05, 0) is 37.8 Å². The third-order valence-corrected chi connectivity index (χ3v) is 5.73. The van der Waals surface area contributed by atoms with Crippen LogP contribution in [0.1, 0.15) is 32.1 Å². The minimum absolute atomic E-state index is 0.155. The van der Waals surface area contributed by atoms with Crippen LogP contribution in [0.3, 0.4) is 0 Å². The van der Waals surface area contributed by atoms with Crippen LogP contribution in [0.15, 0.2) is 33.1 Å². The number of nitrogens with zero attached hydrogens (tertiary/aromatic N) is 3. The normalized spacial score (nSPS) is 20.2. The molecule has 1 aromatic carbocycles. The van der Waals surface area contributed by atoms with E-state index in [2.05, 4.69) is 9.98 Å². The topological polar surface area (TPSA) is 123 Å². The summed E-state index contributed by atoms with van der Waals surface area (Å²) >= 11 is 0. The van der Waals surface area contributed by atoms with Crippen LogP contribution in [-0.2, 0) is 9.84 Å². The van der Waals surface area contributed by atoms with Gasteiger partial charge in [0.1, 0.15) is 11.4 Å². The predicted molar refractivity (Wildman–Crippen MR) is 97.6 cm³/mol. The van der Waals surface area contributed by atoms with Crippen molar-refractivity contribution in [1.82, 2.24) is 0 Å². The van der Waals surface area contributed by atoms with E-state index in [0.29, 0.717) is 11.4 Å². The summed E-state index contributed by atoms with van der Waals surface area (Å²) in [5.41, 5.74) is 12.0. The lowest BCUT2D eigenvalue weighted by molar-refractivity contribution is 0.305. The highest BCUT2D eigenvalue weighted by atomic mass is 32.2. The molecule has 1 fully saturated rings. The van der Waals surface area contributed by atoms with Gasteiger partial charge in [-0.15, -0.1) is 0 Å². The van der Waals surface area contributed by atoms with Crippen molar-refractivity contribution in [2.45, 2.75) is 42.7 Å². The van der Waals surface area contributed by atoms with Gasteiger partial charge in [-0.2, -0.15) is 4.99 Å². The lowest BCUT2D eigenvalue weighted by Crippen LogP contribution is -2.58. The van der Waals surface area contributed by atoms with Crippen LogP contribution in [0.5, 0.6) is 5.75 Å². The van der Waals surface area contributed by atoms with E-state index in [1.54, 1.807) is 17.0 Å². The zero-order valence-electron chi connectivity index (χ0n) is 14.4. The molecule has 136 valence electrons. The first kappa shape index (κ1) is 17.5. The molecule has 25 heavy (non-hydrogen) atoms. The van der Waals surface area contributed by atoms with Gasteiger partial charge in [-0.3, -0.25) is 4.90 Å². The molecule has 3 rings (SSSR count). The van der Waals surface area contributed by atoms with Crippen molar-refractivity contribution in [3.05, 3.63) is 18.2 Å². The maximum atomic E-state index is 12.1. The maximum Gasteiger partial charge on any atom is 0.220 e. The Morgan fingerprint density at radius 3 is 2.44 bits per heavy atom. The molecule has 4 N–H and O–H groups in total. The van der Waals surface area contributed by atoms with Crippen molar-refractivity contribution in [3.8, 4) is 5.75 Å². The SMILES string of the molecule is COc1cc(N2C(N)=NC(N)=NC23CCCCC3)cc(S(C)(=O)=O)c1. The van der Waals surface area contributed by atoms with E-state index in [-0.39, 0.29) is 16.8 Å². The molecule has 1 aromatic rings. The van der Waals surface area contributed by atoms with E-state index in [1.807, 2.05) is 0 Å². The number of aliphatic imine (C=N–C) groups is 2. The second-order valence-corrected chi connectivity index (χ2v) is 8.47. The Morgan fingerprint density at radius 1 is 1.16 bits per heavy atom. The van der Waals surface area contributed by atoms with E-state index < -0.39 is 15.5 Å². The number of benzene rings is 1. The average molecular weight is 365 g/mol. The fraction of sp³-hybridized carbons (Fsp3) is 0.500. The summed E-state index contributed by atoms with van der Waals surface area (Å²) in [6, 6.07) is 4.80. The van der Waals surface area contributed by atoms with Gasteiger partial charge < -0.3 is 16.2 Å². The summed E-state index contributed by atoms with van der Waals surface area (Å²) in [6.45, 7) is 0. The second kappa shape index (κ2) is 6.21. The van der Waals surface area contributed by atoms with Crippen molar-refractivity contribution < 1.29 is 13.2 Å². The van der Waals surface area contributed by atoms with E-state index in [4.69, 9.17) is 16.2 Å². The van der Waals surface area contributed by atoms with Crippen LogP contribution in [0.4, 0.5) is 5.69 Å². The zero-order chi connectivity index (χ0) is 18.2. The smallest absolute Gasteiger partial charge is 0.220 e. The van der Waals surface area contributed by atoms with Crippen molar-refractivity contribution in [1.29, 1.82) is 0 Å². The van der Waals surface area contributed by atoms with Crippen LogP contribution < -0.4 is 21.1 Å². The summed E-state index contributed by atoms with van der Waals surface area (Å²) in [5.74, 6) is 0.795. The molecule has 8 nitrogen and oxygen atoms in total. The van der Waals surface area contributed by atoms with Crippen LogP contribution >= 0.6 is 0 Å². The van der Waals surface area contributed by atoms with Gasteiger partial charge in [0.2, 0.25) is 11.9 Å². The summed E-state index contributed by atoms with van der Waals surface area (Å²) in [6.07, 6.45) is 5.80. The van der Waals surface area contributed by atoms with Gasteiger partial charge in [0, 0.05) is 12.3 Å². The predicted octanol–water partition coefficient (Wildman–Crippen LogP) is 1.21. The number of hydrogen-bond acceptors (Lipinski definition) is 8. The van der Waals surface area contributed by atoms with E-state index >= 15 is 0 Å². The minimum Gasteiger partial charge on any atom is -0.497 e. The summed E-state index contributed by atoms with van der Waals surface area (Å²) in [7, 11) is -1.92. The van der Waals surface area contributed by atoms with Crippen molar-refractivity contribution in [2.24, 2.45) is 21.5 Å². The van der Waals surface area contributed by atoms with Gasteiger partial charge in [0.05, 0.1) is 17.7 Å². The van der Waals surface area contributed by atoms with Crippen molar-refractivity contribution in [3.63, 3.8) is 0 Å². The lowest BCUT2D eigenvalue weighted by Gasteiger charge is -2.45. The van der Waals surface area contributed by atoms with Crippen LogP contribution in [0.2, 0.25) is 0 Å². The molecule has 0 unspecified atom stereocenters.